The van der Waals surface area contributed by atoms with Gasteiger partial charge in [-0.25, -0.2) is 0 Å². The zero-order valence-corrected chi connectivity index (χ0v) is 11.2. The molecule has 0 atom stereocenters. The van der Waals surface area contributed by atoms with E-state index in [0.717, 1.165) is 11.3 Å². The maximum atomic E-state index is 4.52. The molecule has 1 heteroatoms. The first kappa shape index (κ1) is 13.4. The Balaban J connectivity index is 3.26. The maximum Gasteiger partial charge on any atom is 0.0702 e. The third-order valence-corrected chi connectivity index (χ3v) is 2.55. The molecular formula is C16H21N. The molecule has 1 aromatic rings. The van der Waals surface area contributed by atoms with Gasteiger partial charge in [-0.05, 0) is 30.0 Å². The number of rotatable bonds is 3. The van der Waals surface area contributed by atoms with E-state index in [4.69, 9.17) is 0 Å². The maximum absolute atomic E-state index is 4.52. The van der Waals surface area contributed by atoms with Crippen LogP contribution in [0.25, 0.3) is 12.2 Å². The Morgan fingerprint density at radius 2 is 1.94 bits per heavy atom. The Bertz CT molecular complexity index is 445. The van der Waals surface area contributed by atoms with E-state index in [-0.39, 0.29) is 5.41 Å². The SMILES string of the molecule is C=C/C=C\c1ncc(C(C)(C)C)cc1/C=C\C. The molecule has 0 aliphatic carbocycles. The van der Waals surface area contributed by atoms with Gasteiger partial charge in [-0.1, -0.05) is 51.7 Å². The van der Waals surface area contributed by atoms with Gasteiger partial charge in [-0.3, -0.25) is 4.98 Å². The second-order valence-corrected chi connectivity index (χ2v) is 5.04. The van der Waals surface area contributed by atoms with Gasteiger partial charge in [0.25, 0.3) is 0 Å². The largest absolute Gasteiger partial charge is 0.256 e. The van der Waals surface area contributed by atoms with E-state index in [1.807, 2.05) is 31.3 Å². The lowest BCUT2D eigenvalue weighted by Gasteiger charge is -2.19. The molecule has 0 aromatic carbocycles. The van der Waals surface area contributed by atoms with Crippen LogP contribution in [-0.2, 0) is 5.41 Å². The molecule has 0 aliphatic rings. The molecule has 0 radical (unpaired) electrons. The number of hydrogen-bond acceptors (Lipinski definition) is 1. The average molecular weight is 227 g/mol. The number of nitrogens with zero attached hydrogens (tertiary/aromatic N) is 1. The third-order valence-electron chi connectivity index (χ3n) is 2.55. The fourth-order valence-corrected chi connectivity index (χ4v) is 1.51. The van der Waals surface area contributed by atoms with Crippen LogP contribution in [0.4, 0.5) is 0 Å². The first-order valence-corrected chi connectivity index (χ1v) is 5.91. The van der Waals surface area contributed by atoms with Gasteiger partial charge in [-0.15, -0.1) is 0 Å². The van der Waals surface area contributed by atoms with Gasteiger partial charge in [0, 0.05) is 11.8 Å². The quantitative estimate of drug-likeness (QED) is 0.687. The van der Waals surface area contributed by atoms with Crippen molar-refractivity contribution in [2.24, 2.45) is 0 Å². The van der Waals surface area contributed by atoms with Gasteiger partial charge in [0.15, 0.2) is 0 Å². The predicted octanol–water partition coefficient (Wildman–Crippen LogP) is 4.61. The lowest BCUT2D eigenvalue weighted by Crippen LogP contribution is -2.12. The molecule has 0 saturated carbocycles. The minimum Gasteiger partial charge on any atom is -0.256 e. The Hall–Kier alpha value is -1.63. The Morgan fingerprint density at radius 3 is 2.47 bits per heavy atom. The normalized spacial score (nSPS) is 12.5. The van der Waals surface area contributed by atoms with Crippen molar-refractivity contribution in [2.75, 3.05) is 0 Å². The van der Waals surface area contributed by atoms with Crippen LogP contribution < -0.4 is 0 Å². The second-order valence-electron chi connectivity index (χ2n) is 5.04. The van der Waals surface area contributed by atoms with Crippen LogP contribution in [0.15, 0.2) is 37.1 Å². The van der Waals surface area contributed by atoms with Crippen molar-refractivity contribution in [3.63, 3.8) is 0 Å². The summed E-state index contributed by atoms with van der Waals surface area (Å²) in [6.45, 7) is 12.3. The van der Waals surface area contributed by atoms with Crippen molar-refractivity contribution < 1.29 is 0 Å². The molecule has 0 amide bonds. The van der Waals surface area contributed by atoms with Crippen molar-refractivity contribution in [3.8, 4) is 0 Å². The topological polar surface area (TPSA) is 12.9 Å². The molecule has 1 aromatic heterocycles. The Labute approximate surface area is 105 Å². The lowest BCUT2D eigenvalue weighted by molar-refractivity contribution is 0.587. The van der Waals surface area contributed by atoms with Crippen LogP contribution in [0, 0.1) is 0 Å². The molecule has 1 rings (SSSR count). The summed E-state index contributed by atoms with van der Waals surface area (Å²) in [5.74, 6) is 0. The van der Waals surface area contributed by atoms with E-state index in [2.05, 4.69) is 44.5 Å². The van der Waals surface area contributed by atoms with Crippen molar-refractivity contribution >= 4 is 12.2 Å². The summed E-state index contributed by atoms with van der Waals surface area (Å²) in [5.41, 5.74) is 3.51. The van der Waals surface area contributed by atoms with Gasteiger partial charge in [0.1, 0.15) is 0 Å². The van der Waals surface area contributed by atoms with Crippen molar-refractivity contribution in [2.45, 2.75) is 33.1 Å². The highest BCUT2D eigenvalue weighted by atomic mass is 14.7. The van der Waals surface area contributed by atoms with Gasteiger partial charge in [0.2, 0.25) is 0 Å². The fourth-order valence-electron chi connectivity index (χ4n) is 1.51. The van der Waals surface area contributed by atoms with Crippen LogP contribution in [0.3, 0.4) is 0 Å². The minimum absolute atomic E-state index is 0.129. The Morgan fingerprint density at radius 1 is 1.24 bits per heavy atom. The number of aromatic nitrogens is 1. The van der Waals surface area contributed by atoms with Crippen molar-refractivity contribution in [1.29, 1.82) is 0 Å². The standard InChI is InChI=1S/C16H21N/c1-6-8-10-15-13(9-7-2)11-14(12-17-15)16(3,4)5/h6-12H,1H2,2-5H3/b9-7-,10-8-. The third kappa shape index (κ3) is 3.70. The summed E-state index contributed by atoms with van der Waals surface area (Å²) in [4.78, 5) is 4.52. The molecular weight excluding hydrogens is 206 g/mol. The van der Waals surface area contributed by atoms with Crippen LogP contribution in [-0.4, -0.2) is 4.98 Å². The number of allylic oxidation sites excluding steroid dienone is 3. The molecule has 0 aliphatic heterocycles. The van der Waals surface area contributed by atoms with Crippen LogP contribution in [0.5, 0.6) is 0 Å². The number of pyridine rings is 1. The number of hydrogen-bond donors (Lipinski definition) is 0. The molecule has 0 fully saturated rings. The molecule has 0 N–H and O–H groups in total. The van der Waals surface area contributed by atoms with E-state index < -0.39 is 0 Å². The molecule has 0 bridgehead atoms. The van der Waals surface area contributed by atoms with Gasteiger partial charge >= 0.3 is 0 Å². The monoisotopic (exact) mass is 227 g/mol. The van der Waals surface area contributed by atoms with E-state index >= 15 is 0 Å². The molecule has 0 spiro atoms. The van der Waals surface area contributed by atoms with E-state index in [1.165, 1.54) is 5.56 Å². The zero-order chi connectivity index (χ0) is 12.9. The van der Waals surface area contributed by atoms with Gasteiger partial charge < -0.3 is 0 Å². The van der Waals surface area contributed by atoms with Gasteiger partial charge in [-0.2, -0.15) is 0 Å². The van der Waals surface area contributed by atoms with Crippen LogP contribution >= 0.6 is 0 Å². The smallest absolute Gasteiger partial charge is 0.0702 e. The van der Waals surface area contributed by atoms with E-state index in [1.54, 1.807) is 6.08 Å². The first-order chi connectivity index (χ1) is 7.99. The summed E-state index contributed by atoms with van der Waals surface area (Å²) in [7, 11) is 0. The summed E-state index contributed by atoms with van der Waals surface area (Å²) in [5, 5.41) is 0. The molecule has 1 heterocycles. The van der Waals surface area contributed by atoms with Gasteiger partial charge in [0.05, 0.1) is 5.69 Å². The molecule has 90 valence electrons. The van der Waals surface area contributed by atoms with Crippen LogP contribution in [0.1, 0.15) is 44.5 Å². The van der Waals surface area contributed by atoms with Crippen molar-refractivity contribution in [3.05, 3.63) is 53.9 Å². The van der Waals surface area contributed by atoms with Crippen LogP contribution in [0.2, 0.25) is 0 Å². The van der Waals surface area contributed by atoms with E-state index in [9.17, 15) is 0 Å². The summed E-state index contributed by atoms with van der Waals surface area (Å²) >= 11 is 0. The second kappa shape index (κ2) is 5.62. The average Bonchev–Trinajstić information content (AvgIpc) is 2.26. The first-order valence-electron chi connectivity index (χ1n) is 5.91. The Kier molecular flexibility index (Phi) is 4.45. The minimum atomic E-state index is 0.129. The fraction of sp³-hybridized carbons (Fsp3) is 0.312. The highest BCUT2D eigenvalue weighted by Crippen LogP contribution is 2.24. The molecule has 0 unspecified atom stereocenters. The van der Waals surface area contributed by atoms with E-state index in [0.29, 0.717) is 0 Å². The molecule has 1 nitrogen and oxygen atoms in total. The highest BCUT2D eigenvalue weighted by Gasteiger charge is 2.14. The highest BCUT2D eigenvalue weighted by molar-refractivity contribution is 5.63. The summed E-state index contributed by atoms with van der Waals surface area (Å²) in [6, 6.07) is 2.20. The predicted molar refractivity (Wildman–Crippen MR) is 76.9 cm³/mol. The zero-order valence-electron chi connectivity index (χ0n) is 11.2. The lowest BCUT2D eigenvalue weighted by atomic mass is 9.87. The summed E-state index contributed by atoms with van der Waals surface area (Å²) in [6.07, 6.45) is 11.7. The molecule has 0 saturated heterocycles. The summed E-state index contributed by atoms with van der Waals surface area (Å²) < 4.78 is 0. The van der Waals surface area contributed by atoms with Crippen molar-refractivity contribution in [1.82, 2.24) is 4.98 Å². The molecule has 17 heavy (non-hydrogen) atoms.